The molecule has 126 valence electrons. The van der Waals surface area contributed by atoms with Crippen LogP contribution >= 0.6 is 0 Å². The van der Waals surface area contributed by atoms with E-state index in [1.165, 1.54) is 64.6 Å². The van der Waals surface area contributed by atoms with Crippen molar-refractivity contribution in [1.82, 2.24) is 10.2 Å². The third-order valence-corrected chi connectivity index (χ3v) is 5.11. The first-order chi connectivity index (χ1) is 10.0. The summed E-state index contributed by atoms with van der Waals surface area (Å²) in [5, 5.41) is 3.91. The average molecular weight is 297 g/mol. The van der Waals surface area contributed by atoms with Crippen molar-refractivity contribution in [2.45, 2.75) is 91.6 Å². The van der Waals surface area contributed by atoms with Crippen molar-refractivity contribution in [3.8, 4) is 0 Å². The molecule has 0 aliphatic heterocycles. The molecule has 0 aromatic rings. The van der Waals surface area contributed by atoms with E-state index in [0.29, 0.717) is 6.04 Å². The summed E-state index contributed by atoms with van der Waals surface area (Å²) in [5.74, 6) is 1.83. The lowest BCUT2D eigenvalue weighted by Gasteiger charge is -2.33. The molecule has 1 aliphatic rings. The number of hydrogen-bond acceptors (Lipinski definition) is 2. The molecule has 0 saturated heterocycles. The maximum atomic E-state index is 3.91. The molecular weight excluding hydrogens is 256 g/mol. The Morgan fingerprint density at radius 1 is 1.10 bits per heavy atom. The molecule has 0 amide bonds. The Bertz CT molecular complexity index is 248. The van der Waals surface area contributed by atoms with Gasteiger partial charge in [-0.1, -0.05) is 40.5 Å². The SMILES string of the molecule is CCN(CC)CCCC(C)NC1CCCC(CC(C)C)C1. The fraction of sp³-hybridized carbons (Fsp3) is 1.00. The van der Waals surface area contributed by atoms with Gasteiger partial charge in [-0.15, -0.1) is 0 Å². The first-order valence-corrected chi connectivity index (χ1v) is 9.53. The standard InChI is InChI=1S/C19H40N2/c1-6-21(7-2)13-9-10-17(5)20-19-12-8-11-18(15-19)14-16(3)4/h16-20H,6-15H2,1-5H3. The summed E-state index contributed by atoms with van der Waals surface area (Å²) in [5.41, 5.74) is 0. The molecule has 1 rings (SSSR count). The van der Waals surface area contributed by atoms with Gasteiger partial charge in [0.25, 0.3) is 0 Å². The van der Waals surface area contributed by atoms with Crippen LogP contribution < -0.4 is 5.32 Å². The minimum atomic E-state index is 0.684. The Labute approximate surface area is 134 Å². The lowest BCUT2D eigenvalue weighted by Crippen LogP contribution is -2.40. The molecule has 1 fully saturated rings. The second-order valence-electron chi connectivity index (χ2n) is 7.60. The van der Waals surface area contributed by atoms with Crippen LogP contribution in [0.5, 0.6) is 0 Å². The van der Waals surface area contributed by atoms with Crippen molar-refractivity contribution in [3.63, 3.8) is 0 Å². The van der Waals surface area contributed by atoms with Gasteiger partial charge in [0.15, 0.2) is 0 Å². The van der Waals surface area contributed by atoms with Crippen LogP contribution in [-0.2, 0) is 0 Å². The molecule has 1 saturated carbocycles. The average Bonchev–Trinajstić information content (AvgIpc) is 2.43. The van der Waals surface area contributed by atoms with Gasteiger partial charge < -0.3 is 10.2 Å². The van der Waals surface area contributed by atoms with Crippen LogP contribution in [0.4, 0.5) is 0 Å². The Morgan fingerprint density at radius 3 is 2.43 bits per heavy atom. The predicted molar refractivity (Wildman–Crippen MR) is 94.8 cm³/mol. The molecule has 3 atom stereocenters. The van der Waals surface area contributed by atoms with E-state index >= 15 is 0 Å². The summed E-state index contributed by atoms with van der Waals surface area (Å²) in [4.78, 5) is 2.53. The second kappa shape index (κ2) is 10.6. The van der Waals surface area contributed by atoms with Gasteiger partial charge in [-0.2, -0.15) is 0 Å². The Morgan fingerprint density at radius 2 is 1.81 bits per heavy atom. The van der Waals surface area contributed by atoms with Crippen molar-refractivity contribution in [3.05, 3.63) is 0 Å². The van der Waals surface area contributed by atoms with Crippen molar-refractivity contribution in [2.24, 2.45) is 11.8 Å². The van der Waals surface area contributed by atoms with E-state index in [-0.39, 0.29) is 0 Å². The molecule has 2 nitrogen and oxygen atoms in total. The maximum Gasteiger partial charge on any atom is 0.00721 e. The topological polar surface area (TPSA) is 15.3 Å². The van der Waals surface area contributed by atoms with Crippen LogP contribution in [0.15, 0.2) is 0 Å². The predicted octanol–water partition coefficient (Wildman–Crippen LogP) is 4.69. The molecular formula is C19H40N2. The third-order valence-electron chi connectivity index (χ3n) is 5.11. The zero-order valence-electron chi connectivity index (χ0n) is 15.3. The van der Waals surface area contributed by atoms with E-state index in [9.17, 15) is 0 Å². The van der Waals surface area contributed by atoms with Crippen molar-refractivity contribution >= 4 is 0 Å². The van der Waals surface area contributed by atoms with E-state index < -0.39 is 0 Å². The molecule has 0 radical (unpaired) electrons. The summed E-state index contributed by atoms with van der Waals surface area (Å²) < 4.78 is 0. The van der Waals surface area contributed by atoms with E-state index in [1.807, 2.05) is 0 Å². The lowest BCUT2D eigenvalue weighted by atomic mass is 9.81. The fourth-order valence-corrected chi connectivity index (χ4v) is 3.97. The molecule has 3 unspecified atom stereocenters. The van der Waals surface area contributed by atoms with Crippen molar-refractivity contribution in [2.75, 3.05) is 19.6 Å². The van der Waals surface area contributed by atoms with Gasteiger partial charge in [0, 0.05) is 12.1 Å². The van der Waals surface area contributed by atoms with Crippen LogP contribution in [0.25, 0.3) is 0 Å². The van der Waals surface area contributed by atoms with E-state index in [2.05, 4.69) is 44.8 Å². The first kappa shape index (κ1) is 19.0. The highest BCUT2D eigenvalue weighted by Gasteiger charge is 2.23. The van der Waals surface area contributed by atoms with E-state index in [0.717, 1.165) is 17.9 Å². The molecule has 0 heterocycles. The highest BCUT2D eigenvalue weighted by molar-refractivity contribution is 4.80. The number of nitrogens with zero attached hydrogens (tertiary/aromatic N) is 1. The molecule has 2 heteroatoms. The van der Waals surface area contributed by atoms with Crippen molar-refractivity contribution in [1.29, 1.82) is 0 Å². The fourth-order valence-electron chi connectivity index (χ4n) is 3.97. The monoisotopic (exact) mass is 296 g/mol. The molecule has 21 heavy (non-hydrogen) atoms. The summed E-state index contributed by atoms with van der Waals surface area (Å²) in [7, 11) is 0. The molecule has 1 N–H and O–H groups in total. The smallest absolute Gasteiger partial charge is 0.00721 e. The second-order valence-corrected chi connectivity index (χ2v) is 7.60. The van der Waals surface area contributed by atoms with Crippen LogP contribution in [0.3, 0.4) is 0 Å². The zero-order chi connectivity index (χ0) is 15.7. The largest absolute Gasteiger partial charge is 0.311 e. The molecule has 1 aliphatic carbocycles. The number of nitrogens with one attached hydrogen (secondary N) is 1. The van der Waals surface area contributed by atoms with Crippen LogP contribution in [-0.4, -0.2) is 36.6 Å². The minimum absolute atomic E-state index is 0.684. The van der Waals surface area contributed by atoms with Gasteiger partial charge >= 0.3 is 0 Å². The summed E-state index contributed by atoms with van der Waals surface area (Å²) in [6, 6.07) is 1.47. The quantitative estimate of drug-likeness (QED) is 0.629. The number of rotatable bonds is 10. The summed E-state index contributed by atoms with van der Waals surface area (Å²) >= 11 is 0. The summed E-state index contributed by atoms with van der Waals surface area (Å²) in [6.45, 7) is 15.3. The Kier molecular flexibility index (Phi) is 9.59. The Hall–Kier alpha value is -0.0800. The Balaban J connectivity index is 2.19. The van der Waals surface area contributed by atoms with E-state index in [1.54, 1.807) is 0 Å². The molecule has 0 aromatic heterocycles. The number of hydrogen-bond donors (Lipinski definition) is 1. The van der Waals surface area contributed by atoms with Gasteiger partial charge in [-0.3, -0.25) is 0 Å². The molecule has 0 aromatic carbocycles. The highest BCUT2D eigenvalue weighted by atomic mass is 15.1. The lowest BCUT2D eigenvalue weighted by molar-refractivity contribution is 0.235. The third kappa shape index (κ3) is 8.21. The molecule has 0 spiro atoms. The summed E-state index contributed by atoms with van der Waals surface area (Å²) in [6.07, 6.45) is 9.79. The van der Waals surface area contributed by atoms with Gasteiger partial charge in [0.2, 0.25) is 0 Å². The normalized spacial score (nSPS) is 24.7. The zero-order valence-corrected chi connectivity index (χ0v) is 15.3. The van der Waals surface area contributed by atoms with Gasteiger partial charge in [0.05, 0.1) is 0 Å². The van der Waals surface area contributed by atoms with Crippen LogP contribution in [0.2, 0.25) is 0 Å². The molecule has 0 bridgehead atoms. The van der Waals surface area contributed by atoms with Gasteiger partial charge in [-0.25, -0.2) is 0 Å². The van der Waals surface area contributed by atoms with Crippen LogP contribution in [0.1, 0.15) is 79.6 Å². The van der Waals surface area contributed by atoms with Gasteiger partial charge in [0.1, 0.15) is 0 Å². The maximum absolute atomic E-state index is 3.91. The van der Waals surface area contributed by atoms with Gasteiger partial charge in [-0.05, 0) is 70.5 Å². The highest BCUT2D eigenvalue weighted by Crippen LogP contribution is 2.29. The van der Waals surface area contributed by atoms with Crippen molar-refractivity contribution < 1.29 is 0 Å². The van der Waals surface area contributed by atoms with E-state index in [4.69, 9.17) is 0 Å². The van der Waals surface area contributed by atoms with Crippen LogP contribution in [0, 0.1) is 11.8 Å². The first-order valence-electron chi connectivity index (χ1n) is 9.53. The minimum Gasteiger partial charge on any atom is -0.311 e.